The second-order valence-electron chi connectivity index (χ2n) is 11.7. The molecule has 2 fully saturated rings. The van der Waals surface area contributed by atoms with Crippen LogP contribution in [0.15, 0.2) is 0 Å². The van der Waals surface area contributed by atoms with Gasteiger partial charge in [0, 0.05) is 13.2 Å². The summed E-state index contributed by atoms with van der Waals surface area (Å²) in [6, 6.07) is 0. The van der Waals surface area contributed by atoms with Crippen molar-refractivity contribution in [1.29, 1.82) is 0 Å². The number of rotatable bonds is 10. The maximum absolute atomic E-state index is 6.32. The van der Waals surface area contributed by atoms with Gasteiger partial charge in [-0.3, -0.25) is 0 Å². The van der Waals surface area contributed by atoms with Crippen LogP contribution in [0.4, 0.5) is 0 Å². The number of hydrogen-bond acceptors (Lipinski definition) is 2. The summed E-state index contributed by atoms with van der Waals surface area (Å²) < 4.78 is 12.6. The Morgan fingerprint density at radius 2 is 1.50 bits per heavy atom. The van der Waals surface area contributed by atoms with Crippen molar-refractivity contribution in [1.82, 2.24) is 0 Å². The van der Waals surface area contributed by atoms with Crippen molar-refractivity contribution in [2.24, 2.45) is 17.8 Å². The number of hydrogen-bond donors (Lipinski definition) is 0. The molecule has 0 aromatic rings. The van der Waals surface area contributed by atoms with Crippen LogP contribution in [0.3, 0.4) is 0 Å². The Bertz CT molecular complexity index is 526. The molecule has 0 aliphatic heterocycles. The van der Waals surface area contributed by atoms with E-state index in [2.05, 4.69) is 46.7 Å². The zero-order chi connectivity index (χ0) is 22.3. The fourth-order valence-corrected chi connectivity index (χ4v) is 6.37. The molecule has 0 N–H and O–H groups in total. The van der Waals surface area contributed by atoms with Crippen LogP contribution in [0.5, 0.6) is 0 Å². The van der Waals surface area contributed by atoms with Gasteiger partial charge in [-0.25, -0.2) is 0 Å². The van der Waals surface area contributed by atoms with E-state index in [9.17, 15) is 0 Å². The highest BCUT2D eigenvalue weighted by atomic mass is 28.4. The fraction of sp³-hybridized carbons (Fsp3) is 0.926. The third-order valence-electron chi connectivity index (χ3n) is 8.54. The summed E-state index contributed by atoms with van der Waals surface area (Å²) in [6.45, 7) is 15.5. The predicted molar refractivity (Wildman–Crippen MR) is 132 cm³/mol. The molecule has 2 nitrogen and oxygen atoms in total. The molecule has 30 heavy (non-hydrogen) atoms. The first-order valence-electron chi connectivity index (χ1n) is 12.9. The van der Waals surface area contributed by atoms with Gasteiger partial charge in [0.1, 0.15) is 5.60 Å². The lowest BCUT2D eigenvalue weighted by Crippen LogP contribution is -2.41. The second kappa shape index (κ2) is 11.5. The zero-order valence-corrected chi connectivity index (χ0v) is 22.0. The van der Waals surface area contributed by atoms with E-state index >= 15 is 0 Å². The predicted octanol–water partition coefficient (Wildman–Crippen LogP) is 7.97. The maximum atomic E-state index is 6.32. The molecule has 0 spiro atoms. The van der Waals surface area contributed by atoms with E-state index in [0.717, 1.165) is 56.7 Å². The molecule has 0 saturated heterocycles. The Labute approximate surface area is 189 Å². The molecule has 0 aromatic heterocycles. The summed E-state index contributed by atoms with van der Waals surface area (Å²) >= 11 is 0. The molecule has 0 unspecified atom stereocenters. The van der Waals surface area contributed by atoms with E-state index < -0.39 is 8.32 Å². The van der Waals surface area contributed by atoms with Gasteiger partial charge in [0.05, 0.1) is 0 Å². The minimum absolute atomic E-state index is 0.283. The Balaban J connectivity index is 1.65. The van der Waals surface area contributed by atoms with E-state index in [1.165, 1.54) is 51.4 Å². The first kappa shape index (κ1) is 26.0. The van der Waals surface area contributed by atoms with Crippen LogP contribution in [-0.4, -0.2) is 27.1 Å². The van der Waals surface area contributed by atoms with Crippen LogP contribution in [0.25, 0.3) is 0 Å². The lowest BCUT2D eigenvalue weighted by Gasteiger charge is -2.41. The molecule has 0 amide bonds. The average Bonchev–Trinajstić information content (AvgIpc) is 2.71. The van der Waals surface area contributed by atoms with Gasteiger partial charge in [0.2, 0.25) is 0 Å². The number of ether oxygens (including phenoxy) is 1. The quantitative estimate of drug-likeness (QED) is 0.197. The number of terminal acetylenes is 1. The van der Waals surface area contributed by atoms with Crippen molar-refractivity contribution in [3.05, 3.63) is 0 Å². The summed E-state index contributed by atoms with van der Waals surface area (Å²) in [6.07, 6.45) is 21.3. The van der Waals surface area contributed by atoms with Crippen molar-refractivity contribution in [2.45, 2.75) is 128 Å². The van der Waals surface area contributed by atoms with Gasteiger partial charge in [0.15, 0.2) is 8.32 Å². The first-order chi connectivity index (χ1) is 14.1. The maximum Gasteiger partial charge on any atom is 0.191 e. The topological polar surface area (TPSA) is 18.5 Å². The van der Waals surface area contributed by atoms with E-state index in [1.54, 1.807) is 0 Å². The highest BCUT2D eigenvalue weighted by molar-refractivity contribution is 6.74. The lowest BCUT2D eigenvalue weighted by molar-refractivity contribution is -0.0446. The van der Waals surface area contributed by atoms with Crippen molar-refractivity contribution in [2.75, 3.05) is 13.2 Å². The molecule has 174 valence electrons. The molecule has 0 radical (unpaired) electrons. The fourth-order valence-electron chi connectivity index (χ4n) is 5.28. The monoisotopic (exact) mass is 434 g/mol. The van der Waals surface area contributed by atoms with Gasteiger partial charge in [-0.1, -0.05) is 59.3 Å². The van der Waals surface area contributed by atoms with Crippen molar-refractivity contribution < 1.29 is 9.16 Å². The molecule has 0 heterocycles. The Kier molecular flexibility index (Phi) is 9.97. The van der Waals surface area contributed by atoms with Gasteiger partial charge in [-0.15, -0.1) is 6.42 Å². The molecule has 0 aromatic carbocycles. The standard InChI is InChI=1S/C27H50O2Si/c1-8-12-23-13-15-24(16-14-23)25-17-19-27(9-2,20-18-25)28-21-10-11-22-29-30(6,7)26(3,4)5/h2,23-25H,8,10-22H2,1,3-7H3. The van der Waals surface area contributed by atoms with Crippen molar-refractivity contribution >= 4 is 8.32 Å². The zero-order valence-electron chi connectivity index (χ0n) is 21.0. The van der Waals surface area contributed by atoms with Crippen LogP contribution in [0.1, 0.15) is 105 Å². The molecule has 0 bridgehead atoms. The average molecular weight is 435 g/mol. The lowest BCUT2D eigenvalue weighted by atomic mass is 9.68. The molecular formula is C27H50O2Si. The SMILES string of the molecule is C#CC1(OCCCCO[Si](C)(C)C(C)(C)C)CCC(C2CCC(CCC)CC2)CC1. The van der Waals surface area contributed by atoms with E-state index in [0.29, 0.717) is 0 Å². The summed E-state index contributed by atoms with van der Waals surface area (Å²) in [5.74, 6) is 5.89. The van der Waals surface area contributed by atoms with Crippen LogP contribution >= 0.6 is 0 Å². The molecule has 3 heteroatoms. The normalized spacial score (nSPS) is 30.8. The number of unbranched alkanes of at least 4 members (excludes halogenated alkanes) is 1. The molecule has 2 saturated carbocycles. The van der Waals surface area contributed by atoms with Crippen LogP contribution in [0.2, 0.25) is 18.1 Å². The highest BCUT2D eigenvalue weighted by Crippen LogP contribution is 2.44. The Morgan fingerprint density at radius 3 is 2.03 bits per heavy atom. The summed E-state index contributed by atoms with van der Waals surface area (Å²) in [5.41, 5.74) is -0.295. The van der Waals surface area contributed by atoms with E-state index in [1.807, 2.05) is 0 Å². The van der Waals surface area contributed by atoms with Crippen molar-refractivity contribution in [3.8, 4) is 12.3 Å². The van der Waals surface area contributed by atoms with Gasteiger partial charge in [-0.2, -0.15) is 0 Å². The summed E-state index contributed by atoms with van der Waals surface area (Å²) in [4.78, 5) is 0. The summed E-state index contributed by atoms with van der Waals surface area (Å²) in [5, 5.41) is 0.283. The molecule has 2 aliphatic carbocycles. The van der Waals surface area contributed by atoms with Crippen LogP contribution in [0, 0.1) is 30.1 Å². The van der Waals surface area contributed by atoms with Gasteiger partial charge >= 0.3 is 0 Å². The van der Waals surface area contributed by atoms with Gasteiger partial charge < -0.3 is 9.16 Å². The minimum atomic E-state index is -1.63. The van der Waals surface area contributed by atoms with Crippen molar-refractivity contribution in [3.63, 3.8) is 0 Å². The van der Waals surface area contributed by atoms with Crippen LogP contribution < -0.4 is 0 Å². The summed E-state index contributed by atoms with van der Waals surface area (Å²) in [7, 11) is -1.63. The molecule has 0 atom stereocenters. The highest BCUT2D eigenvalue weighted by Gasteiger charge is 2.38. The van der Waals surface area contributed by atoms with Gasteiger partial charge in [0.25, 0.3) is 0 Å². The molecule has 2 rings (SSSR count). The van der Waals surface area contributed by atoms with E-state index in [4.69, 9.17) is 15.6 Å². The second-order valence-corrected chi connectivity index (χ2v) is 16.5. The molecule has 2 aliphatic rings. The first-order valence-corrected chi connectivity index (χ1v) is 15.8. The van der Waals surface area contributed by atoms with E-state index in [-0.39, 0.29) is 10.6 Å². The van der Waals surface area contributed by atoms with Gasteiger partial charge in [-0.05, 0) is 87.3 Å². The minimum Gasteiger partial charge on any atom is -0.417 e. The van der Waals surface area contributed by atoms with Crippen LogP contribution in [-0.2, 0) is 9.16 Å². The molecular weight excluding hydrogens is 384 g/mol. The Morgan fingerprint density at radius 1 is 0.933 bits per heavy atom. The largest absolute Gasteiger partial charge is 0.417 e. The Hall–Kier alpha value is -0.303. The third-order valence-corrected chi connectivity index (χ3v) is 13.1. The third kappa shape index (κ3) is 7.39. The smallest absolute Gasteiger partial charge is 0.191 e.